The van der Waals surface area contributed by atoms with Gasteiger partial charge in [0.1, 0.15) is 17.5 Å². The van der Waals surface area contributed by atoms with Crippen molar-refractivity contribution in [1.29, 1.82) is 0 Å². The molecule has 0 aliphatic carbocycles. The first-order valence-electron chi connectivity index (χ1n) is 6.30. The summed E-state index contributed by atoms with van der Waals surface area (Å²) in [5, 5.41) is 0. The zero-order valence-electron chi connectivity index (χ0n) is 11.2. The Balaban J connectivity index is 2.30. The molecule has 0 atom stereocenters. The predicted octanol–water partition coefficient (Wildman–Crippen LogP) is 3.86. The van der Waals surface area contributed by atoms with E-state index in [1.807, 2.05) is 0 Å². The molecule has 0 unspecified atom stereocenters. The van der Waals surface area contributed by atoms with Crippen molar-refractivity contribution in [3.63, 3.8) is 0 Å². The maximum atomic E-state index is 14.0. The van der Waals surface area contributed by atoms with Crippen LogP contribution in [0.1, 0.15) is 11.1 Å². The van der Waals surface area contributed by atoms with Crippen LogP contribution in [0.4, 0.5) is 13.2 Å². The molecule has 0 saturated heterocycles. The quantitative estimate of drug-likeness (QED) is 0.585. The van der Waals surface area contributed by atoms with Crippen LogP contribution in [0.25, 0.3) is 11.1 Å². The first-order valence-corrected chi connectivity index (χ1v) is 7.09. The molecule has 0 spiro atoms. The van der Waals surface area contributed by atoms with Gasteiger partial charge in [-0.2, -0.15) is 0 Å². The van der Waals surface area contributed by atoms with E-state index in [4.69, 9.17) is 0 Å². The lowest BCUT2D eigenvalue weighted by Gasteiger charge is -2.06. The van der Waals surface area contributed by atoms with Gasteiger partial charge in [-0.3, -0.25) is 0 Å². The van der Waals surface area contributed by atoms with Gasteiger partial charge in [0.05, 0.1) is 16.7 Å². The molecule has 0 N–H and O–H groups in total. The molecule has 1 heterocycles. The molecule has 0 fully saturated rings. The lowest BCUT2D eigenvalue weighted by Crippen LogP contribution is -2.05. The third-order valence-corrected chi connectivity index (χ3v) is 3.76. The van der Waals surface area contributed by atoms with Crippen molar-refractivity contribution >= 4 is 39.0 Å². The summed E-state index contributed by atoms with van der Waals surface area (Å²) in [7, 11) is 0. The number of hydrogen-bond acceptors (Lipinski definition) is 3. The number of ether oxygens (including phenoxy) is 1. The first kappa shape index (κ1) is 15.5. The fourth-order valence-electron chi connectivity index (χ4n) is 2.28. The Labute approximate surface area is 136 Å². The first-order chi connectivity index (χ1) is 10.9. The Morgan fingerprint density at radius 2 is 1.35 bits per heavy atom. The molecule has 7 heteroatoms. The number of rotatable bonds is 2. The summed E-state index contributed by atoms with van der Waals surface area (Å²) < 4.78 is 46.2. The lowest BCUT2D eigenvalue weighted by atomic mass is 9.95. The summed E-state index contributed by atoms with van der Waals surface area (Å²) in [6.07, 6.45) is 0. The summed E-state index contributed by atoms with van der Waals surface area (Å²) in [6, 6.07) is 7.01. The standard InChI is InChI=1S/C16H6BrF3O3/c17-8-3-1-7(2-4-8)12-14(16(22)23-15(12)21)13-10(19)5-9(18)6-11(13)20/h1-6H. The normalized spacial score (nSPS) is 14.4. The zero-order chi connectivity index (χ0) is 16.7. The van der Waals surface area contributed by atoms with Gasteiger partial charge >= 0.3 is 11.9 Å². The van der Waals surface area contributed by atoms with Crippen LogP contribution in [0.3, 0.4) is 0 Å². The van der Waals surface area contributed by atoms with Gasteiger partial charge in [-0.1, -0.05) is 28.1 Å². The highest BCUT2D eigenvalue weighted by atomic mass is 79.9. The second-order valence-corrected chi connectivity index (χ2v) is 5.59. The topological polar surface area (TPSA) is 43.4 Å². The number of hydrogen-bond donors (Lipinski definition) is 0. The van der Waals surface area contributed by atoms with E-state index in [1.54, 1.807) is 12.1 Å². The fraction of sp³-hybridized carbons (Fsp3) is 0. The maximum Gasteiger partial charge on any atom is 0.347 e. The van der Waals surface area contributed by atoms with Crippen molar-refractivity contribution in [3.8, 4) is 0 Å². The summed E-state index contributed by atoms with van der Waals surface area (Å²) in [6.45, 7) is 0. The van der Waals surface area contributed by atoms with Crippen LogP contribution >= 0.6 is 15.9 Å². The van der Waals surface area contributed by atoms with Gasteiger partial charge in [-0.25, -0.2) is 22.8 Å². The van der Waals surface area contributed by atoms with Crippen molar-refractivity contribution in [3.05, 3.63) is 69.4 Å². The van der Waals surface area contributed by atoms with Crippen molar-refractivity contribution in [2.75, 3.05) is 0 Å². The number of carbonyl (C=O) groups is 2. The van der Waals surface area contributed by atoms with E-state index in [0.29, 0.717) is 16.6 Å². The molecule has 3 rings (SSSR count). The molecule has 0 bridgehead atoms. The molecule has 2 aromatic rings. The zero-order valence-corrected chi connectivity index (χ0v) is 12.8. The van der Waals surface area contributed by atoms with Gasteiger partial charge in [0.2, 0.25) is 0 Å². The van der Waals surface area contributed by atoms with E-state index in [2.05, 4.69) is 20.7 Å². The van der Waals surface area contributed by atoms with Crippen LogP contribution in [0.5, 0.6) is 0 Å². The van der Waals surface area contributed by atoms with Gasteiger partial charge in [-0.05, 0) is 17.7 Å². The smallest absolute Gasteiger partial charge is 0.347 e. The summed E-state index contributed by atoms with van der Waals surface area (Å²) in [5.41, 5.74) is -1.37. The molecule has 0 saturated carbocycles. The van der Waals surface area contributed by atoms with Crippen LogP contribution in [-0.2, 0) is 14.3 Å². The molecule has 116 valence electrons. The highest BCUT2D eigenvalue weighted by Crippen LogP contribution is 2.36. The van der Waals surface area contributed by atoms with Crippen molar-refractivity contribution < 1.29 is 27.5 Å². The number of halogens is 4. The Bertz CT molecular complexity index is 850. The number of benzene rings is 2. The third kappa shape index (κ3) is 2.68. The molecule has 23 heavy (non-hydrogen) atoms. The van der Waals surface area contributed by atoms with Gasteiger partial charge in [0.25, 0.3) is 0 Å². The number of esters is 2. The van der Waals surface area contributed by atoms with Crippen LogP contribution in [0.15, 0.2) is 40.9 Å². The van der Waals surface area contributed by atoms with Crippen LogP contribution < -0.4 is 0 Å². The lowest BCUT2D eigenvalue weighted by molar-refractivity contribution is -0.149. The number of carbonyl (C=O) groups excluding carboxylic acids is 2. The molecule has 2 aromatic carbocycles. The minimum atomic E-state index is -1.29. The van der Waals surface area contributed by atoms with Crippen LogP contribution in [0, 0.1) is 17.5 Å². The highest BCUT2D eigenvalue weighted by molar-refractivity contribution is 9.10. The largest absolute Gasteiger partial charge is 0.386 e. The van der Waals surface area contributed by atoms with E-state index < -0.39 is 40.5 Å². The Hall–Kier alpha value is -2.41. The van der Waals surface area contributed by atoms with E-state index in [9.17, 15) is 22.8 Å². The summed E-state index contributed by atoms with van der Waals surface area (Å²) in [4.78, 5) is 23.8. The fourth-order valence-corrected chi connectivity index (χ4v) is 2.54. The Morgan fingerprint density at radius 3 is 1.91 bits per heavy atom. The van der Waals surface area contributed by atoms with E-state index in [1.165, 1.54) is 12.1 Å². The summed E-state index contributed by atoms with van der Waals surface area (Å²) >= 11 is 3.21. The summed E-state index contributed by atoms with van der Waals surface area (Å²) in [5.74, 6) is -5.92. The minimum Gasteiger partial charge on any atom is -0.386 e. The van der Waals surface area contributed by atoms with Crippen LogP contribution in [-0.4, -0.2) is 11.9 Å². The Kier molecular flexibility index (Phi) is 3.81. The SMILES string of the molecule is O=C1OC(=O)C(c2c(F)cc(F)cc2F)=C1c1ccc(Br)cc1. The van der Waals surface area contributed by atoms with E-state index >= 15 is 0 Å². The molecule has 3 nitrogen and oxygen atoms in total. The third-order valence-electron chi connectivity index (χ3n) is 3.23. The average molecular weight is 383 g/mol. The molecular weight excluding hydrogens is 377 g/mol. The van der Waals surface area contributed by atoms with E-state index in [-0.39, 0.29) is 11.1 Å². The molecule has 0 radical (unpaired) electrons. The highest BCUT2D eigenvalue weighted by Gasteiger charge is 2.37. The second-order valence-electron chi connectivity index (χ2n) is 4.68. The van der Waals surface area contributed by atoms with Gasteiger partial charge in [0.15, 0.2) is 0 Å². The van der Waals surface area contributed by atoms with Crippen LogP contribution in [0.2, 0.25) is 0 Å². The molecule has 1 aliphatic heterocycles. The molecule has 1 aliphatic rings. The molecule has 0 amide bonds. The minimum absolute atomic E-state index is 0.252. The van der Waals surface area contributed by atoms with Crippen molar-refractivity contribution in [2.24, 2.45) is 0 Å². The maximum absolute atomic E-state index is 14.0. The van der Waals surface area contributed by atoms with Gasteiger partial charge < -0.3 is 4.74 Å². The van der Waals surface area contributed by atoms with Crippen molar-refractivity contribution in [2.45, 2.75) is 0 Å². The van der Waals surface area contributed by atoms with Gasteiger partial charge in [-0.15, -0.1) is 0 Å². The van der Waals surface area contributed by atoms with Crippen molar-refractivity contribution in [1.82, 2.24) is 0 Å². The Morgan fingerprint density at radius 1 is 0.826 bits per heavy atom. The average Bonchev–Trinajstić information content (AvgIpc) is 2.74. The second kappa shape index (κ2) is 5.66. The molecular formula is C16H6BrF3O3. The molecule has 0 aromatic heterocycles. The predicted molar refractivity (Wildman–Crippen MR) is 78.4 cm³/mol. The van der Waals surface area contributed by atoms with E-state index in [0.717, 1.165) is 0 Å². The van der Waals surface area contributed by atoms with Gasteiger partial charge in [0, 0.05) is 16.6 Å². The monoisotopic (exact) mass is 382 g/mol. The number of cyclic esters (lactones) is 2.